The fourth-order valence-corrected chi connectivity index (χ4v) is 3.79. The highest BCUT2D eigenvalue weighted by atomic mass is 19.3. The second kappa shape index (κ2) is 8.11. The van der Waals surface area contributed by atoms with Crippen LogP contribution in [0.25, 0.3) is 0 Å². The Morgan fingerprint density at radius 1 is 0.931 bits per heavy atom. The fraction of sp³-hybridized carbons (Fsp3) is 0.579. The van der Waals surface area contributed by atoms with E-state index in [1.807, 2.05) is 9.80 Å². The number of anilines is 1. The van der Waals surface area contributed by atoms with Crippen LogP contribution in [0.4, 0.5) is 14.5 Å². The Hall–Kier alpha value is -2.46. The molecule has 2 fully saturated rings. The van der Waals surface area contributed by atoms with Gasteiger partial charge in [0.1, 0.15) is 0 Å². The SMILES string of the molecule is O=C(CN1CCN(CC(=O)N2CCCC2)CC1)Nc1ccc2c(c1)OC(F)(F)O2. The Morgan fingerprint density at radius 3 is 2.24 bits per heavy atom. The zero-order valence-corrected chi connectivity index (χ0v) is 16.0. The molecule has 10 heteroatoms. The first-order valence-corrected chi connectivity index (χ1v) is 9.80. The molecular formula is C19H24F2N4O4. The Labute approximate surface area is 167 Å². The first-order chi connectivity index (χ1) is 13.9. The summed E-state index contributed by atoms with van der Waals surface area (Å²) < 4.78 is 34.9. The standard InChI is InChI=1S/C19H24F2N4O4/c20-19(21)28-15-4-3-14(11-16(15)29-19)22-17(26)12-23-7-9-24(10-8-23)13-18(27)25-5-1-2-6-25/h3-4,11H,1-2,5-10,12-13H2,(H,22,26). The summed E-state index contributed by atoms with van der Waals surface area (Å²) in [6.45, 7) is 5.17. The summed E-state index contributed by atoms with van der Waals surface area (Å²) in [5.74, 6) is -0.226. The molecule has 0 aromatic heterocycles. The van der Waals surface area contributed by atoms with Crippen molar-refractivity contribution in [2.45, 2.75) is 19.1 Å². The van der Waals surface area contributed by atoms with Gasteiger partial charge in [0, 0.05) is 51.0 Å². The molecule has 1 N–H and O–H groups in total. The Balaban J connectivity index is 1.21. The molecule has 0 unspecified atom stereocenters. The minimum Gasteiger partial charge on any atom is -0.395 e. The third-order valence-electron chi connectivity index (χ3n) is 5.33. The summed E-state index contributed by atoms with van der Waals surface area (Å²) in [5.41, 5.74) is 0.366. The molecule has 2 saturated heterocycles. The van der Waals surface area contributed by atoms with Gasteiger partial charge < -0.3 is 19.7 Å². The van der Waals surface area contributed by atoms with Crippen LogP contribution < -0.4 is 14.8 Å². The highest BCUT2D eigenvalue weighted by molar-refractivity contribution is 5.92. The second-order valence-electron chi connectivity index (χ2n) is 7.52. The van der Waals surface area contributed by atoms with Crippen LogP contribution >= 0.6 is 0 Å². The van der Waals surface area contributed by atoms with E-state index in [0.717, 1.165) is 39.0 Å². The number of benzene rings is 1. The largest absolute Gasteiger partial charge is 0.586 e. The van der Waals surface area contributed by atoms with E-state index < -0.39 is 6.29 Å². The number of carbonyl (C=O) groups excluding carboxylic acids is 2. The van der Waals surface area contributed by atoms with E-state index in [9.17, 15) is 18.4 Å². The molecule has 158 valence electrons. The van der Waals surface area contributed by atoms with Crippen molar-refractivity contribution in [3.8, 4) is 11.5 Å². The maximum absolute atomic E-state index is 13.1. The molecule has 1 aromatic carbocycles. The molecular weight excluding hydrogens is 386 g/mol. The lowest BCUT2D eigenvalue weighted by Gasteiger charge is -2.34. The van der Waals surface area contributed by atoms with Crippen LogP contribution in [-0.2, 0) is 9.59 Å². The van der Waals surface area contributed by atoms with Gasteiger partial charge in [-0.15, -0.1) is 8.78 Å². The smallest absolute Gasteiger partial charge is 0.395 e. The van der Waals surface area contributed by atoms with E-state index in [1.165, 1.54) is 18.2 Å². The average Bonchev–Trinajstić information content (AvgIpc) is 3.29. The van der Waals surface area contributed by atoms with Gasteiger partial charge in [-0.05, 0) is 25.0 Å². The first kappa shape index (κ1) is 19.8. The van der Waals surface area contributed by atoms with Crippen LogP contribution in [0, 0.1) is 0 Å². The van der Waals surface area contributed by atoms with Gasteiger partial charge in [-0.2, -0.15) is 0 Å². The number of piperazine rings is 1. The van der Waals surface area contributed by atoms with Crippen LogP contribution in [0.5, 0.6) is 11.5 Å². The number of fused-ring (bicyclic) bond motifs is 1. The highest BCUT2D eigenvalue weighted by Crippen LogP contribution is 2.42. The molecule has 29 heavy (non-hydrogen) atoms. The number of halogens is 2. The lowest BCUT2D eigenvalue weighted by Crippen LogP contribution is -2.51. The summed E-state index contributed by atoms with van der Waals surface area (Å²) in [5, 5.41) is 2.69. The lowest BCUT2D eigenvalue weighted by atomic mass is 10.2. The van der Waals surface area contributed by atoms with Gasteiger partial charge >= 0.3 is 6.29 Å². The molecule has 0 radical (unpaired) electrons. The van der Waals surface area contributed by atoms with Crippen molar-refractivity contribution in [3.63, 3.8) is 0 Å². The Kier molecular flexibility index (Phi) is 5.55. The number of carbonyl (C=O) groups is 2. The minimum atomic E-state index is -3.68. The molecule has 0 aliphatic carbocycles. The Bertz CT molecular complexity index is 777. The van der Waals surface area contributed by atoms with Gasteiger partial charge in [0.15, 0.2) is 11.5 Å². The van der Waals surface area contributed by atoms with Crippen LogP contribution in [-0.4, -0.2) is 85.2 Å². The molecule has 0 bridgehead atoms. The maximum Gasteiger partial charge on any atom is 0.586 e. The summed E-state index contributed by atoms with van der Waals surface area (Å²) in [6, 6.07) is 4.14. The Morgan fingerprint density at radius 2 is 1.55 bits per heavy atom. The number of ether oxygens (including phenoxy) is 2. The van der Waals surface area contributed by atoms with E-state index >= 15 is 0 Å². The molecule has 3 heterocycles. The van der Waals surface area contributed by atoms with Gasteiger partial charge in [0.2, 0.25) is 11.8 Å². The summed E-state index contributed by atoms with van der Waals surface area (Å²) in [6.07, 6.45) is -1.51. The van der Waals surface area contributed by atoms with Gasteiger partial charge in [0.05, 0.1) is 13.1 Å². The molecule has 0 spiro atoms. The lowest BCUT2D eigenvalue weighted by molar-refractivity contribution is -0.286. The molecule has 8 nitrogen and oxygen atoms in total. The van der Waals surface area contributed by atoms with E-state index in [4.69, 9.17) is 0 Å². The van der Waals surface area contributed by atoms with E-state index in [0.29, 0.717) is 25.3 Å². The fourth-order valence-electron chi connectivity index (χ4n) is 3.79. The van der Waals surface area contributed by atoms with E-state index in [2.05, 4.69) is 19.7 Å². The molecule has 2 amide bonds. The third-order valence-corrected chi connectivity index (χ3v) is 5.33. The number of amides is 2. The van der Waals surface area contributed by atoms with Crippen molar-refractivity contribution in [1.82, 2.24) is 14.7 Å². The second-order valence-corrected chi connectivity index (χ2v) is 7.52. The number of nitrogens with zero attached hydrogens (tertiary/aromatic N) is 3. The van der Waals surface area contributed by atoms with Crippen LogP contribution in [0.15, 0.2) is 18.2 Å². The molecule has 1 aromatic rings. The highest BCUT2D eigenvalue weighted by Gasteiger charge is 2.43. The average molecular weight is 410 g/mol. The monoisotopic (exact) mass is 410 g/mol. The molecule has 3 aliphatic heterocycles. The molecule has 0 atom stereocenters. The number of likely N-dealkylation sites (tertiary alicyclic amines) is 1. The zero-order chi connectivity index (χ0) is 20.4. The van der Waals surface area contributed by atoms with Crippen LogP contribution in [0.3, 0.4) is 0 Å². The summed E-state index contributed by atoms with van der Waals surface area (Å²) in [4.78, 5) is 30.6. The quantitative estimate of drug-likeness (QED) is 0.786. The van der Waals surface area contributed by atoms with Crippen molar-refractivity contribution in [3.05, 3.63) is 18.2 Å². The number of rotatable bonds is 5. The minimum absolute atomic E-state index is 0.0624. The van der Waals surface area contributed by atoms with Gasteiger partial charge in [0.25, 0.3) is 0 Å². The maximum atomic E-state index is 13.1. The molecule has 4 rings (SSSR count). The van der Waals surface area contributed by atoms with Crippen molar-refractivity contribution in [1.29, 1.82) is 0 Å². The summed E-state index contributed by atoms with van der Waals surface area (Å²) in [7, 11) is 0. The van der Waals surface area contributed by atoms with Gasteiger partial charge in [-0.1, -0.05) is 0 Å². The van der Waals surface area contributed by atoms with E-state index in [-0.39, 0.29) is 29.9 Å². The van der Waals surface area contributed by atoms with Crippen molar-refractivity contribution >= 4 is 17.5 Å². The zero-order valence-electron chi connectivity index (χ0n) is 16.0. The predicted octanol–water partition coefficient (Wildman–Crippen LogP) is 1.19. The van der Waals surface area contributed by atoms with Crippen molar-refractivity contribution in [2.24, 2.45) is 0 Å². The number of alkyl halides is 2. The number of hydrogen-bond acceptors (Lipinski definition) is 6. The molecule has 3 aliphatic rings. The van der Waals surface area contributed by atoms with Crippen molar-refractivity contribution in [2.75, 3.05) is 57.7 Å². The van der Waals surface area contributed by atoms with Gasteiger partial charge in [-0.25, -0.2) is 0 Å². The normalized spacial score (nSPS) is 21.4. The number of hydrogen-bond donors (Lipinski definition) is 1. The van der Waals surface area contributed by atoms with Crippen molar-refractivity contribution < 1.29 is 27.8 Å². The molecule has 0 saturated carbocycles. The third kappa shape index (κ3) is 4.94. The van der Waals surface area contributed by atoms with Crippen LogP contribution in [0.1, 0.15) is 12.8 Å². The van der Waals surface area contributed by atoms with Crippen LogP contribution in [0.2, 0.25) is 0 Å². The van der Waals surface area contributed by atoms with E-state index in [1.54, 1.807) is 0 Å². The summed E-state index contributed by atoms with van der Waals surface area (Å²) >= 11 is 0. The number of nitrogens with one attached hydrogen (secondary N) is 1. The predicted molar refractivity (Wildman–Crippen MR) is 100.0 cm³/mol. The van der Waals surface area contributed by atoms with Gasteiger partial charge in [-0.3, -0.25) is 19.4 Å². The first-order valence-electron chi connectivity index (χ1n) is 9.80. The topological polar surface area (TPSA) is 74.4 Å².